The van der Waals surface area contributed by atoms with Crippen LogP contribution in [0.4, 0.5) is 0 Å². The SMILES string of the molecule is CC/C(N)=C(\C(N)=O)C(CC)CC. The summed E-state index contributed by atoms with van der Waals surface area (Å²) in [6, 6.07) is 0. The number of hydrogen-bond acceptors (Lipinski definition) is 2. The van der Waals surface area contributed by atoms with Gasteiger partial charge in [-0.1, -0.05) is 20.8 Å². The van der Waals surface area contributed by atoms with Crippen LogP contribution in [0.5, 0.6) is 0 Å². The number of carbonyl (C=O) groups is 1. The summed E-state index contributed by atoms with van der Waals surface area (Å²) in [6.45, 7) is 6.01. The molecule has 0 atom stereocenters. The van der Waals surface area contributed by atoms with Gasteiger partial charge in [-0.3, -0.25) is 4.79 Å². The molecule has 0 heterocycles. The number of carbonyl (C=O) groups excluding carboxylic acids is 1. The summed E-state index contributed by atoms with van der Waals surface area (Å²) in [5.74, 6) is -0.148. The lowest BCUT2D eigenvalue weighted by atomic mass is 9.91. The molecule has 0 aromatic heterocycles. The van der Waals surface area contributed by atoms with Crippen molar-refractivity contribution in [2.45, 2.75) is 40.0 Å². The Balaban J connectivity index is 4.89. The van der Waals surface area contributed by atoms with Crippen molar-refractivity contribution in [3.8, 4) is 0 Å². The number of primary amides is 1. The first kappa shape index (κ1) is 12.0. The second-order valence-corrected chi connectivity index (χ2v) is 3.17. The predicted octanol–water partition coefficient (Wildman–Crippen LogP) is 1.53. The molecule has 4 N–H and O–H groups in total. The van der Waals surface area contributed by atoms with Crippen LogP contribution >= 0.6 is 0 Å². The third-order valence-corrected chi connectivity index (χ3v) is 2.39. The molecule has 0 aliphatic heterocycles. The highest BCUT2D eigenvalue weighted by Gasteiger charge is 2.18. The number of nitrogens with two attached hydrogens (primary N) is 2. The van der Waals surface area contributed by atoms with Crippen LogP contribution in [-0.4, -0.2) is 5.91 Å². The lowest BCUT2D eigenvalue weighted by Crippen LogP contribution is -2.24. The first-order valence-electron chi connectivity index (χ1n) is 4.86. The quantitative estimate of drug-likeness (QED) is 0.636. The van der Waals surface area contributed by atoms with E-state index in [1.165, 1.54) is 0 Å². The summed E-state index contributed by atoms with van der Waals surface area (Å²) in [4.78, 5) is 11.1. The molecule has 0 bridgehead atoms. The highest BCUT2D eigenvalue weighted by molar-refractivity contribution is 5.93. The van der Waals surface area contributed by atoms with Crippen LogP contribution in [0.15, 0.2) is 11.3 Å². The second kappa shape index (κ2) is 5.62. The standard InChI is InChI=1S/C10H20N2O/c1-4-7(5-2)9(10(12)13)8(11)6-3/h7H,4-6,11H2,1-3H3,(H2,12,13)/b9-8+. The van der Waals surface area contributed by atoms with Gasteiger partial charge in [0.05, 0.1) is 0 Å². The summed E-state index contributed by atoms with van der Waals surface area (Å²) in [6.07, 6.45) is 2.51. The van der Waals surface area contributed by atoms with Gasteiger partial charge in [0, 0.05) is 11.3 Å². The minimum absolute atomic E-state index is 0.220. The van der Waals surface area contributed by atoms with Crippen molar-refractivity contribution in [3.05, 3.63) is 11.3 Å². The van der Waals surface area contributed by atoms with Gasteiger partial charge in [0.15, 0.2) is 0 Å². The van der Waals surface area contributed by atoms with Crippen LogP contribution in [0.2, 0.25) is 0 Å². The second-order valence-electron chi connectivity index (χ2n) is 3.17. The van der Waals surface area contributed by atoms with Crippen molar-refractivity contribution in [1.29, 1.82) is 0 Å². The molecule has 0 aliphatic carbocycles. The molecular formula is C10H20N2O. The van der Waals surface area contributed by atoms with Gasteiger partial charge >= 0.3 is 0 Å². The van der Waals surface area contributed by atoms with E-state index < -0.39 is 0 Å². The molecule has 0 aromatic rings. The molecule has 0 fully saturated rings. The fraction of sp³-hybridized carbons (Fsp3) is 0.700. The molecule has 0 unspecified atom stereocenters. The Morgan fingerprint density at radius 2 is 1.62 bits per heavy atom. The summed E-state index contributed by atoms with van der Waals surface area (Å²) >= 11 is 0. The Bertz CT molecular complexity index is 205. The van der Waals surface area contributed by atoms with Crippen LogP contribution in [0.1, 0.15) is 40.0 Å². The molecule has 0 saturated carbocycles. The predicted molar refractivity (Wildman–Crippen MR) is 54.8 cm³/mol. The Hall–Kier alpha value is -0.990. The lowest BCUT2D eigenvalue weighted by Gasteiger charge is -2.16. The van der Waals surface area contributed by atoms with Crippen molar-refractivity contribution in [2.24, 2.45) is 17.4 Å². The molecule has 0 saturated heterocycles. The van der Waals surface area contributed by atoms with Gasteiger partial charge < -0.3 is 11.5 Å². The highest BCUT2D eigenvalue weighted by Crippen LogP contribution is 2.21. The molecule has 0 spiro atoms. The largest absolute Gasteiger partial charge is 0.402 e. The third kappa shape index (κ3) is 3.09. The summed E-state index contributed by atoms with van der Waals surface area (Å²) in [5.41, 5.74) is 12.3. The van der Waals surface area contributed by atoms with Crippen LogP contribution in [-0.2, 0) is 4.79 Å². The zero-order valence-electron chi connectivity index (χ0n) is 8.76. The maximum atomic E-state index is 11.1. The van der Waals surface area contributed by atoms with Crippen LogP contribution in [0, 0.1) is 5.92 Å². The van der Waals surface area contributed by atoms with E-state index in [0.29, 0.717) is 17.7 Å². The zero-order chi connectivity index (χ0) is 10.4. The van der Waals surface area contributed by atoms with E-state index in [1.54, 1.807) is 0 Å². The highest BCUT2D eigenvalue weighted by atomic mass is 16.1. The van der Waals surface area contributed by atoms with Crippen LogP contribution < -0.4 is 11.5 Å². The van der Waals surface area contributed by atoms with E-state index in [9.17, 15) is 4.79 Å². The first-order chi connectivity index (χ1) is 6.08. The lowest BCUT2D eigenvalue weighted by molar-refractivity contribution is -0.115. The minimum Gasteiger partial charge on any atom is -0.402 e. The minimum atomic E-state index is -0.368. The first-order valence-corrected chi connectivity index (χ1v) is 4.86. The third-order valence-electron chi connectivity index (χ3n) is 2.39. The zero-order valence-corrected chi connectivity index (χ0v) is 8.76. The maximum absolute atomic E-state index is 11.1. The van der Waals surface area contributed by atoms with Crippen molar-refractivity contribution < 1.29 is 4.79 Å². The topological polar surface area (TPSA) is 69.1 Å². The van der Waals surface area contributed by atoms with E-state index in [-0.39, 0.29) is 11.8 Å². The number of amides is 1. The molecule has 0 aromatic carbocycles. The number of allylic oxidation sites excluding steroid dienone is 1. The van der Waals surface area contributed by atoms with E-state index in [4.69, 9.17) is 11.5 Å². The molecule has 0 radical (unpaired) electrons. The fourth-order valence-electron chi connectivity index (χ4n) is 1.51. The normalized spacial score (nSPS) is 12.9. The van der Waals surface area contributed by atoms with Crippen LogP contribution in [0.3, 0.4) is 0 Å². The van der Waals surface area contributed by atoms with E-state index in [2.05, 4.69) is 0 Å². The summed E-state index contributed by atoms with van der Waals surface area (Å²) in [7, 11) is 0. The number of rotatable bonds is 5. The summed E-state index contributed by atoms with van der Waals surface area (Å²) in [5, 5.41) is 0. The molecule has 0 aliphatic rings. The molecule has 0 rings (SSSR count). The van der Waals surface area contributed by atoms with Gasteiger partial charge in [-0.15, -0.1) is 0 Å². The summed E-state index contributed by atoms with van der Waals surface area (Å²) < 4.78 is 0. The maximum Gasteiger partial charge on any atom is 0.246 e. The molecule has 3 heteroatoms. The van der Waals surface area contributed by atoms with E-state index >= 15 is 0 Å². The van der Waals surface area contributed by atoms with Crippen molar-refractivity contribution in [2.75, 3.05) is 0 Å². The van der Waals surface area contributed by atoms with E-state index in [0.717, 1.165) is 12.8 Å². The Kier molecular flexibility index (Phi) is 5.19. The van der Waals surface area contributed by atoms with Crippen molar-refractivity contribution in [3.63, 3.8) is 0 Å². The monoisotopic (exact) mass is 184 g/mol. The van der Waals surface area contributed by atoms with Gasteiger partial charge in [-0.25, -0.2) is 0 Å². The molecule has 13 heavy (non-hydrogen) atoms. The van der Waals surface area contributed by atoms with Gasteiger partial charge in [0.1, 0.15) is 0 Å². The van der Waals surface area contributed by atoms with Crippen molar-refractivity contribution in [1.82, 2.24) is 0 Å². The Morgan fingerprint density at radius 1 is 1.15 bits per heavy atom. The Labute approximate surface area is 80.2 Å². The van der Waals surface area contributed by atoms with Gasteiger partial charge in [-0.05, 0) is 25.2 Å². The molecule has 1 amide bonds. The number of hydrogen-bond donors (Lipinski definition) is 2. The Morgan fingerprint density at radius 3 is 1.85 bits per heavy atom. The molecule has 3 nitrogen and oxygen atoms in total. The van der Waals surface area contributed by atoms with Crippen LogP contribution in [0.25, 0.3) is 0 Å². The van der Waals surface area contributed by atoms with Gasteiger partial charge in [-0.2, -0.15) is 0 Å². The smallest absolute Gasteiger partial charge is 0.246 e. The molecule has 76 valence electrons. The average Bonchev–Trinajstić information content (AvgIpc) is 2.12. The van der Waals surface area contributed by atoms with Gasteiger partial charge in [0.25, 0.3) is 0 Å². The van der Waals surface area contributed by atoms with E-state index in [1.807, 2.05) is 20.8 Å². The van der Waals surface area contributed by atoms with Gasteiger partial charge in [0.2, 0.25) is 5.91 Å². The average molecular weight is 184 g/mol. The fourth-order valence-corrected chi connectivity index (χ4v) is 1.51. The molecular weight excluding hydrogens is 164 g/mol. The van der Waals surface area contributed by atoms with Crippen molar-refractivity contribution >= 4 is 5.91 Å².